The maximum Gasteiger partial charge on any atom is 0.321 e. The summed E-state index contributed by atoms with van der Waals surface area (Å²) in [6, 6.07) is 23.5. The highest BCUT2D eigenvalue weighted by Crippen LogP contribution is 2.42. The van der Waals surface area contributed by atoms with Gasteiger partial charge in [-0.3, -0.25) is 4.79 Å². The van der Waals surface area contributed by atoms with E-state index in [1.165, 1.54) is 23.3 Å². The van der Waals surface area contributed by atoms with Gasteiger partial charge in [-0.2, -0.15) is 15.0 Å². The van der Waals surface area contributed by atoms with Crippen molar-refractivity contribution >= 4 is 33.9 Å². The number of anilines is 1. The maximum atomic E-state index is 13.6. The number of nitrogens with one attached hydrogen (secondary N) is 1. The summed E-state index contributed by atoms with van der Waals surface area (Å²) >= 11 is 0. The molecular weight excluding hydrogens is 520 g/mol. The number of carbonyl (C=O) groups excluding carboxylic acids is 1. The SMILES string of the molecule is N#Cc1cnn(-c2ncccn2)c1/N=N/c1c(Oc2ncccn2)c(C(=O)Nc2ccccc2)cc2ccccc12. The van der Waals surface area contributed by atoms with E-state index in [-0.39, 0.29) is 40.3 Å². The van der Waals surface area contributed by atoms with Crippen molar-refractivity contribution < 1.29 is 9.53 Å². The zero-order chi connectivity index (χ0) is 28.0. The Morgan fingerprint density at radius 3 is 2.34 bits per heavy atom. The molecule has 3 heterocycles. The predicted molar refractivity (Wildman–Crippen MR) is 148 cm³/mol. The molecule has 0 saturated carbocycles. The fourth-order valence-electron chi connectivity index (χ4n) is 3.99. The number of carbonyl (C=O) groups is 1. The molecule has 6 aromatic rings. The van der Waals surface area contributed by atoms with Gasteiger partial charge in [0.25, 0.3) is 11.9 Å². The standard InChI is InChI=1S/C29H18N10O2/c30-17-20-18-35-39(28-31-12-6-13-32-28)26(20)38-37-24-22-11-5-4-8-19(22)16-23(25(24)41-29-33-14-7-15-34-29)27(40)36-21-9-2-1-3-10-21/h1-16,18H,(H,36,40)/b38-37+. The summed E-state index contributed by atoms with van der Waals surface area (Å²) in [7, 11) is 0. The molecule has 0 atom stereocenters. The van der Waals surface area contributed by atoms with Gasteiger partial charge in [0.2, 0.25) is 0 Å². The van der Waals surface area contributed by atoms with Gasteiger partial charge in [0, 0.05) is 35.9 Å². The van der Waals surface area contributed by atoms with Crippen molar-refractivity contribution in [3.63, 3.8) is 0 Å². The van der Waals surface area contributed by atoms with E-state index >= 15 is 0 Å². The molecule has 0 unspecified atom stereocenters. The first-order valence-corrected chi connectivity index (χ1v) is 12.3. The van der Waals surface area contributed by atoms with Crippen LogP contribution in [0.4, 0.5) is 17.2 Å². The van der Waals surface area contributed by atoms with Gasteiger partial charge < -0.3 is 10.1 Å². The average Bonchev–Trinajstić information content (AvgIpc) is 3.44. The molecule has 12 heteroatoms. The Morgan fingerprint density at radius 1 is 0.878 bits per heavy atom. The van der Waals surface area contributed by atoms with Gasteiger partial charge in [-0.05, 0) is 35.7 Å². The number of para-hydroxylation sites is 1. The van der Waals surface area contributed by atoms with Crippen LogP contribution in [0.15, 0.2) is 114 Å². The third-order valence-electron chi connectivity index (χ3n) is 5.84. The number of aromatic nitrogens is 6. The molecule has 0 fully saturated rings. The number of benzene rings is 3. The van der Waals surface area contributed by atoms with Crippen LogP contribution in [0.1, 0.15) is 15.9 Å². The van der Waals surface area contributed by atoms with E-state index in [0.29, 0.717) is 16.5 Å². The molecule has 0 saturated heterocycles. The number of nitrogens with zero attached hydrogens (tertiary/aromatic N) is 9. The molecule has 3 aromatic carbocycles. The predicted octanol–water partition coefficient (Wildman–Crippen LogP) is 5.94. The lowest BCUT2D eigenvalue weighted by Crippen LogP contribution is -2.13. The van der Waals surface area contributed by atoms with Crippen LogP contribution < -0.4 is 10.1 Å². The molecule has 0 spiro atoms. The van der Waals surface area contributed by atoms with Crippen molar-refractivity contribution in [1.82, 2.24) is 29.7 Å². The minimum absolute atomic E-state index is 0.00781. The van der Waals surface area contributed by atoms with Crippen molar-refractivity contribution in [2.45, 2.75) is 0 Å². The molecule has 0 aliphatic carbocycles. The summed E-state index contributed by atoms with van der Waals surface area (Å²) in [5.74, 6) is -0.0563. The molecule has 6 rings (SSSR count). The molecule has 1 amide bonds. The van der Waals surface area contributed by atoms with Crippen LogP contribution in [0.3, 0.4) is 0 Å². The van der Waals surface area contributed by atoms with Crippen LogP contribution in [-0.4, -0.2) is 35.6 Å². The van der Waals surface area contributed by atoms with Gasteiger partial charge in [-0.1, -0.05) is 42.5 Å². The van der Waals surface area contributed by atoms with E-state index in [1.54, 1.807) is 42.7 Å². The number of fused-ring (bicyclic) bond motifs is 1. The van der Waals surface area contributed by atoms with Crippen LogP contribution >= 0.6 is 0 Å². The van der Waals surface area contributed by atoms with Crippen LogP contribution in [0.25, 0.3) is 16.7 Å². The molecule has 196 valence electrons. The van der Waals surface area contributed by atoms with Gasteiger partial charge in [0.1, 0.15) is 17.3 Å². The van der Waals surface area contributed by atoms with Crippen molar-refractivity contribution in [3.05, 3.63) is 115 Å². The summed E-state index contributed by atoms with van der Waals surface area (Å²) in [5, 5.41) is 27.1. The van der Waals surface area contributed by atoms with E-state index in [9.17, 15) is 10.1 Å². The molecule has 41 heavy (non-hydrogen) atoms. The fraction of sp³-hybridized carbons (Fsp3) is 0. The molecule has 0 bridgehead atoms. The van der Waals surface area contributed by atoms with E-state index in [2.05, 4.69) is 46.6 Å². The first-order chi connectivity index (χ1) is 20.2. The number of hydrogen-bond acceptors (Lipinski definition) is 10. The van der Waals surface area contributed by atoms with Crippen LogP contribution in [0, 0.1) is 11.3 Å². The Kier molecular flexibility index (Phi) is 6.80. The third kappa shape index (κ3) is 5.18. The lowest BCUT2D eigenvalue weighted by atomic mass is 10.0. The Hall–Kier alpha value is -6.35. The van der Waals surface area contributed by atoms with Gasteiger partial charge >= 0.3 is 6.01 Å². The first-order valence-electron chi connectivity index (χ1n) is 12.3. The van der Waals surface area contributed by atoms with Crippen LogP contribution in [0.2, 0.25) is 0 Å². The first kappa shape index (κ1) is 25.0. The smallest absolute Gasteiger partial charge is 0.321 e. The highest BCUT2D eigenvalue weighted by atomic mass is 16.5. The molecule has 1 N–H and O–H groups in total. The van der Waals surface area contributed by atoms with Crippen LogP contribution in [0.5, 0.6) is 11.8 Å². The van der Waals surface area contributed by atoms with Crippen molar-refractivity contribution in [2.24, 2.45) is 10.2 Å². The average molecular weight is 539 g/mol. The minimum Gasteiger partial charge on any atom is -0.421 e. The second kappa shape index (κ2) is 11.2. The number of ether oxygens (including phenoxy) is 1. The number of hydrogen-bond donors (Lipinski definition) is 1. The number of amides is 1. The summed E-state index contributed by atoms with van der Waals surface area (Å²) in [5.41, 5.74) is 1.15. The van der Waals surface area contributed by atoms with E-state index in [4.69, 9.17) is 4.74 Å². The fourth-order valence-corrected chi connectivity index (χ4v) is 3.99. The largest absolute Gasteiger partial charge is 0.421 e. The summed E-state index contributed by atoms with van der Waals surface area (Å²) in [4.78, 5) is 30.3. The van der Waals surface area contributed by atoms with E-state index < -0.39 is 5.91 Å². The second-order valence-corrected chi connectivity index (χ2v) is 8.43. The van der Waals surface area contributed by atoms with Crippen molar-refractivity contribution in [3.8, 4) is 23.8 Å². The Morgan fingerprint density at radius 2 is 1.59 bits per heavy atom. The number of nitriles is 1. The maximum absolute atomic E-state index is 13.6. The molecule has 0 radical (unpaired) electrons. The lowest BCUT2D eigenvalue weighted by molar-refractivity contribution is 0.102. The quantitative estimate of drug-likeness (QED) is 0.245. The van der Waals surface area contributed by atoms with Gasteiger partial charge in [0.15, 0.2) is 11.6 Å². The van der Waals surface area contributed by atoms with Gasteiger partial charge in [-0.25, -0.2) is 19.9 Å². The minimum atomic E-state index is -0.440. The van der Waals surface area contributed by atoms with Gasteiger partial charge in [0.05, 0.1) is 11.8 Å². The number of rotatable bonds is 7. The summed E-state index contributed by atoms with van der Waals surface area (Å²) in [6.45, 7) is 0. The van der Waals surface area contributed by atoms with Gasteiger partial charge in [-0.15, -0.1) is 10.2 Å². The van der Waals surface area contributed by atoms with Crippen molar-refractivity contribution in [2.75, 3.05) is 5.32 Å². The molecule has 3 aromatic heterocycles. The molecular formula is C29H18N10O2. The molecule has 12 nitrogen and oxygen atoms in total. The highest BCUT2D eigenvalue weighted by Gasteiger charge is 2.23. The zero-order valence-corrected chi connectivity index (χ0v) is 21.2. The normalized spacial score (nSPS) is 10.9. The van der Waals surface area contributed by atoms with E-state index in [1.807, 2.05) is 42.5 Å². The Bertz CT molecular complexity index is 1920. The second-order valence-electron chi connectivity index (χ2n) is 8.43. The zero-order valence-electron chi connectivity index (χ0n) is 21.2. The van der Waals surface area contributed by atoms with Crippen LogP contribution in [-0.2, 0) is 0 Å². The third-order valence-corrected chi connectivity index (χ3v) is 5.84. The van der Waals surface area contributed by atoms with Crippen molar-refractivity contribution in [1.29, 1.82) is 5.26 Å². The number of azo groups is 1. The Balaban J connectivity index is 1.54. The summed E-state index contributed by atoms with van der Waals surface area (Å²) in [6.07, 6.45) is 7.48. The summed E-state index contributed by atoms with van der Waals surface area (Å²) < 4.78 is 7.40. The molecule has 0 aliphatic rings. The lowest BCUT2D eigenvalue weighted by Gasteiger charge is -2.15. The molecule has 0 aliphatic heterocycles. The monoisotopic (exact) mass is 538 g/mol. The topological polar surface area (TPSA) is 156 Å². The highest BCUT2D eigenvalue weighted by molar-refractivity contribution is 6.12. The Labute approximate surface area is 232 Å². The van der Waals surface area contributed by atoms with E-state index in [0.717, 1.165) is 0 Å².